The maximum absolute atomic E-state index is 5.56. The van der Waals surface area contributed by atoms with Gasteiger partial charge in [-0.2, -0.15) is 4.68 Å². The number of para-hydroxylation sites is 1. The van der Waals surface area contributed by atoms with E-state index in [1.54, 1.807) is 0 Å². The molecule has 134 valence electrons. The van der Waals surface area contributed by atoms with Crippen LogP contribution in [0.15, 0.2) is 48.5 Å². The molecule has 4 rings (SSSR count). The molecule has 1 atom stereocenters. The van der Waals surface area contributed by atoms with E-state index in [-0.39, 0.29) is 6.04 Å². The van der Waals surface area contributed by atoms with Crippen LogP contribution in [0.25, 0.3) is 5.69 Å². The first-order valence-corrected chi connectivity index (χ1v) is 8.97. The lowest BCUT2D eigenvalue weighted by Crippen LogP contribution is -2.40. The van der Waals surface area contributed by atoms with E-state index in [1.807, 2.05) is 10.7 Å². The number of morpholine rings is 1. The number of hydrogen-bond donors (Lipinski definition) is 0. The van der Waals surface area contributed by atoms with E-state index < -0.39 is 0 Å². The van der Waals surface area contributed by atoms with Crippen molar-refractivity contribution >= 4 is 0 Å². The molecule has 6 nitrogen and oxygen atoms in total. The Hall–Kier alpha value is -2.57. The number of rotatable bonds is 4. The highest BCUT2D eigenvalue weighted by molar-refractivity contribution is 5.47. The van der Waals surface area contributed by atoms with Gasteiger partial charge >= 0.3 is 0 Å². The van der Waals surface area contributed by atoms with E-state index in [0.29, 0.717) is 0 Å². The number of tetrazole rings is 1. The molecule has 26 heavy (non-hydrogen) atoms. The average molecular weight is 349 g/mol. The molecule has 0 bridgehead atoms. The Morgan fingerprint density at radius 1 is 0.923 bits per heavy atom. The van der Waals surface area contributed by atoms with Crippen molar-refractivity contribution in [1.82, 2.24) is 25.1 Å². The predicted octanol–water partition coefficient (Wildman–Crippen LogP) is 2.70. The highest BCUT2D eigenvalue weighted by atomic mass is 16.5. The minimum Gasteiger partial charge on any atom is -0.379 e. The van der Waals surface area contributed by atoms with Crippen LogP contribution in [-0.2, 0) is 4.74 Å². The van der Waals surface area contributed by atoms with Crippen molar-refractivity contribution in [3.63, 3.8) is 0 Å². The molecule has 1 aromatic heterocycles. The standard InChI is InChI=1S/C20H23N5O/c1-15-7-6-8-16(2)18(15)25-20(21-22-23-25)19(17-9-4-3-5-10-17)24-11-13-26-14-12-24/h3-10,19H,11-14H2,1-2H3/t19-/m1/s1. The molecule has 0 spiro atoms. The Kier molecular flexibility index (Phi) is 4.77. The fourth-order valence-corrected chi connectivity index (χ4v) is 3.66. The monoisotopic (exact) mass is 349 g/mol. The summed E-state index contributed by atoms with van der Waals surface area (Å²) < 4.78 is 7.46. The van der Waals surface area contributed by atoms with Gasteiger partial charge in [0.1, 0.15) is 0 Å². The zero-order valence-electron chi connectivity index (χ0n) is 15.2. The van der Waals surface area contributed by atoms with Crippen LogP contribution in [0.5, 0.6) is 0 Å². The lowest BCUT2D eigenvalue weighted by atomic mass is 10.0. The minimum atomic E-state index is -0.00546. The molecule has 0 aliphatic carbocycles. The molecule has 2 aromatic carbocycles. The molecule has 1 aliphatic heterocycles. The van der Waals surface area contributed by atoms with Crippen molar-refractivity contribution in [2.24, 2.45) is 0 Å². The zero-order valence-corrected chi connectivity index (χ0v) is 15.2. The van der Waals surface area contributed by atoms with Gasteiger partial charge in [-0.1, -0.05) is 48.5 Å². The molecule has 0 amide bonds. The fourth-order valence-electron chi connectivity index (χ4n) is 3.66. The number of benzene rings is 2. The second-order valence-electron chi connectivity index (χ2n) is 6.65. The third kappa shape index (κ3) is 3.13. The SMILES string of the molecule is Cc1cccc(C)c1-n1nnnc1[C@@H](c1ccccc1)N1CCOCC1. The van der Waals surface area contributed by atoms with Gasteiger partial charge < -0.3 is 4.74 Å². The van der Waals surface area contributed by atoms with Crippen LogP contribution in [0.4, 0.5) is 0 Å². The molecule has 1 fully saturated rings. The highest BCUT2D eigenvalue weighted by Gasteiger charge is 2.30. The highest BCUT2D eigenvalue weighted by Crippen LogP contribution is 2.30. The molecule has 1 saturated heterocycles. The van der Waals surface area contributed by atoms with E-state index >= 15 is 0 Å². The third-order valence-electron chi connectivity index (χ3n) is 4.92. The van der Waals surface area contributed by atoms with Crippen molar-refractivity contribution in [3.8, 4) is 5.69 Å². The van der Waals surface area contributed by atoms with Crippen LogP contribution in [0.2, 0.25) is 0 Å². The van der Waals surface area contributed by atoms with Gasteiger partial charge in [-0.05, 0) is 41.0 Å². The Morgan fingerprint density at radius 3 is 2.31 bits per heavy atom. The summed E-state index contributed by atoms with van der Waals surface area (Å²) in [4.78, 5) is 2.40. The Bertz CT molecular complexity index is 851. The summed E-state index contributed by atoms with van der Waals surface area (Å²) in [5, 5.41) is 12.8. The van der Waals surface area contributed by atoms with Gasteiger partial charge in [0.05, 0.1) is 24.9 Å². The zero-order chi connectivity index (χ0) is 17.9. The van der Waals surface area contributed by atoms with Gasteiger partial charge in [-0.15, -0.1) is 5.10 Å². The average Bonchev–Trinajstić information content (AvgIpc) is 3.12. The predicted molar refractivity (Wildman–Crippen MR) is 99.3 cm³/mol. The maximum Gasteiger partial charge on any atom is 0.178 e. The Labute approximate surface area is 153 Å². The summed E-state index contributed by atoms with van der Waals surface area (Å²) in [5.74, 6) is 0.843. The first kappa shape index (κ1) is 16.9. The molecule has 6 heteroatoms. The van der Waals surface area contributed by atoms with Crippen LogP contribution in [0.1, 0.15) is 28.6 Å². The molecule has 0 saturated carbocycles. The summed E-state index contributed by atoms with van der Waals surface area (Å²) >= 11 is 0. The van der Waals surface area contributed by atoms with Gasteiger partial charge in [-0.25, -0.2) is 0 Å². The number of aryl methyl sites for hydroxylation is 2. The van der Waals surface area contributed by atoms with E-state index in [4.69, 9.17) is 4.74 Å². The Balaban J connectivity index is 1.84. The summed E-state index contributed by atoms with van der Waals surface area (Å²) in [6, 6.07) is 16.7. The van der Waals surface area contributed by atoms with Crippen molar-refractivity contribution in [2.45, 2.75) is 19.9 Å². The normalized spacial score (nSPS) is 16.5. The van der Waals surface area contributed by atoms with Crippen molar-refractivity contribution < 1.29 is 4.74 Å². The molecular weight excluding hydrogens is 326 g/mol. The number of hydrogen-bond acceptors (Lipinski definition) is 5. The van der Waals surface area contributed by atoms with Crippen molar-refractivity contribution in [1.29, 1.82) is 0 Å². The van der Waals surface area contributed by atoms with Crippen LogP contribution in [-0.4, -0.2) is 51.4 Å². The smallest absolute Gasteiger partial charge is 0.178 e. The molecule has 0 unspecified atom stereocenters. The van der Waals surface area contributed by atoms with Crippen LogP contribution >= 0.6 is 0 Å². The first-order chi connectivity index (χ1) is 12.8. The number of aromatic nitrogens is 4. The summed E-state index contributed by atoms with van der Waals surface area (Å²) in [5.41, 5.74) is 4.57. The van der Waals surface area contributed by atoms with E-state index in [9.17, 15) is 0 Å². The summed E-state index contributed by atoms with van der Waals surface area (Å²) in [7, 11) is 0. The molecular formula is C20H23N5O. The molecule has 2 heterocycles. The number of nitrogens with zero attached hydrogens (tertiary/aromatic N) is 5. The van der Waals surface area contributed by atoms with Crippen molar-refractivity contribution in [3.05, 3.63) is 71.0 Å². The summed E-state index contributed by atoms with van der Waals surface area (Å²) in [6.07, 6.45) is 0. The van der Waals surface area contributed by atoms with Crippen molar-refractivity contribution in [2.75, 3.05) is 26.3 Å². The molecule has 0 radical (unpaired) electrons. The van der Waals surface area contributed by atoms with Gasteiger partial charge in [-0.3, -0.25) is 4.90 Å². The lowest BCUT2D eigenvalue weighted by Gasteiger charge is -2.34. The number of ether oxygens (including phenoxy) is 1. The molecule has 1 aliphatic rings. The molecule has 3 aromatic rings. The minimum absolute atomic E-state index is 0.00546. The first-order valence-electron chi connectivity index (χ1n) is 8.97. The van der Waals surface area contributed by atoms with Crippen LogP contribution < -0.4 is 0 Å². The van der Waals surface area contributed by atoms with Crippen LogP contribution in [0, 0.1) is 13.8 Å². The van der Waals surface area contributed by atoms with E-state index in [0.717, 1.165) is 48.9 Å². The van der Waals surface area contributed by atoms with Gasteiger partial charge in [0.15, 0.2) is 5.82 Å². The summed E-state index contributed by atoms with van der Waals surface area (Å²) in [6.45, 7) is 7.38. The topological polar surface area (TPSA) is 56.1 Å². The largest absolute Gasteiger partial charge is 0.379 e. The fraction of sp³-hybridized carbons (Fsp3) is 0.350. The second-order valence-corrected chi connectivity index (χ2v) is 6.65. The van der Waals surface area contributed by atoms with E-state index in [1.165, 1.54) is 5.56 Å². The third-order valence-corrected chi connectivity index (χ3v) is 4.92. The lowest BCUT2D eigenvalue weighted by molar-refractivity contribution is 0.0220. The van der Waals surface area contributed by atoms with Crippen LogP contribution in [0.3, 0.4) is 0 Å². The maximum atomic E-state index is 5.56. The Morgan fingerprint density at radius 2 is 1.62 bits per heavy atom. The second kappa shape index (κ2) is 7.35. The molecule has 0 N–H and O–H groups in total. The van der Waals surface area contributed by atoms with Gasteiger partial charge in [0, 0.05) is 13.1 Å². The van der Waals surface area contributed by atoms with Gasteiger partial charge in [0.25, 0.3) is 0 Å². The van der Waals surface area contributed by atoms with Gasteiger partial charge in [0.2, 0.25) is 0 Å². The quantitative estimate of drug-likeness (QED) is 0.725. The van der Waals surface area contributed by atoms with E-state index in [2.05, 4.69) is 76.7 Å².